The monoisotopic (exact) mass is 333 g/mol. The van der Waals surface area contributed by atoms with E-state index in [1.165, 1.54) is 11.8 Å². The lowest BCUT2D eigenvalue weighted by Gasteiger charge is -1.94. The fourth-order valence-corrected chi connectivity index (χ4v) is 2.12. The molecule has 1 aliphatic rings. The average Bonchev–Trinajstić information content (AvgIpc) is 2.67. The molecule has 0 aromatic heterocycles. The summed E-state index contributed by atoms with van der Waals surface area (Å²) in [7, 11) is 0. The van der Waals surface area contributed by atoms with E-state index < -0.39 is 0 Å². The fourth-order valence-electron chi connectivity index (χ4n) is 1.10. The van der Waals surface area contributed by atoms with Crippen molar-refractivity contribution in [2.75, 3.05) is 5.75 Å². The molecule has 1 heterocycles. The third-order valence-electron chi connectivity index (χ3n) is 1.84. The highest BCUT2D eigenvalue weighted by molar-refractivity contribution is 9.10. The Morgan fingerprint density at radius 3 is 2.82 bits per heavy atom. The Kier molecular flexibility index (Phi) is 5.67. The van der Waals surface area contributed by atoms with Crippen LogP contribution in [-0.4, -0.2) is 23.0 Å². The Hall–Kier alpha value is -0.850. The maximum Gasteiger partial charge on any atom is 0.236 e. The lowest BCUT2D eigenvalue weighted by atomic mass is 10.2. The summed E-state index contributed by atoms with van der Waals surface area (Å²) in [5.74, 6) is 0.392. The molecule has 0 spiro atoms. The molecule has 0 radical (unpaired) electrons. The van der Waals surface area contributed by atoms with Crippen LogP contribution in [0, 0.1) is 0 Å². The number of nitrogens with one attached hydrogen (secondary N) is 1. The Balaban J connectivity index is 0.00000144. The van der Waals surface area contributed by atoms with Crippen molar-refractivity contribution in [3.05, 3.63) is 34.3 Å². The SMILES string of the molecule is Cl.O=C1CS/C(=N\N=C\c2ccccc2Br)N1. The van der Waals surface area contributed by atoms with E-state index in [2.05, 4.69) is 31.4 Å². The summed E-state index contributed by atoms with van der Waals surface area (Å²) < 4.78 is 0.960. The molecule has 0 saturated carbocycles. The third-order valence-corrected chi connectivity index (χ3v) is 3.42. The van der Waals surface area contributed by atoms with Crippen LogP contribution in [0.3, 0.4) is 0 Å². The number of carbonyl (C=O) groups is 1. The molecule has 1 saturated heterocycles. The Morgan fingerprint density at radius 1 is 1.41 bits per heavy atom. The molecule has 17 heavy (non-hydrogen) atoms. The van der Waals surface area contributed by atoms with Crippen molar-refractivity contribution in [2.24, 2.45) is 10.2 Å². The minimum Gasteiger partial charge on any atom is -0.303 e. The zero-order valence-corrected chi connectivity index (χ0v) is 11.8. The summed E-state index contributed by atoms with van der Waals surface area (Å²) in [4.78, 5) is 10.9. The highest BCUT2D eigenvalue weighted by atomic mass is 79.9. The van der Waals surface area contributed by atoms with Gasteiger partial charge in [0.15, 0.2) is 5.17 Å². The molecule has 1 aromatic rings. The molecule has 0 unspecified atom stereocenters. The van der Waals surface area contributed by atoms with Gasteiger partial charge in [-0.25, -0.2) is 0 Å². The summed E-state index contributed by atoms with van der Waals surface area (Å²) in [6.07, 6.45) is 1.64. The summed E-state index contributed by atoms with van der Waals surface area (Å²) in [6.45, 7) is 0. The number of nitrogens with zero attached hydrogens (tertiary/aromatic N) is 2. The number of carbonyl (C=O) groups excluding carboxylic acids is 1. The first-order chi connectivity index (χ1) is 7.75. The number of thioether (sulfide) groups is 1. The van der Waals surface area contributed by atoms with Crippen LogP contribution < -0.4 is 5.32 Å². The van der Waals surface area contributed by atoms with Crippen molar-refractivity contribution in [1.29, 1.82) is 0 Å². The zero-order chi connectivity index (χ0) is 11.4. The minimum atomic E-state index is -0.0279. The van der Waals surface area contributed by atoms with Crippen molar-refractivity contribution in [1.82, 2.24) is 5.32 Å². The highest BCUT2D eigenvalue weighted by Crippen LogP contribution is 2.14. The first-order valence-corrected chi connectivity index (χ1v) is 6.32. The Bertz CT molecular complexity index is 478. The van der Waals surface area contributed by atoms with Gasteiger partial charge >= 0.3 is 0 Å². The van der Waals surface area contributed by atoms with Gasteiger partial charge in [0.05, 0.1) is 12.0 Å². The largest absolute Gasteiger partial charge is 0.303 e. The number of amidine groups is 1. The van der Waals surface area contributed by atoms with Crippen LogP contribution in [0.4, 0.5) is 0 Å². The molecule has 1 aromatic carbocycles. The Labute approximate surface area is 118 Å². The number of halogens is 2. The van der Waals surface area contributed by atoms with Gasteiger partial charge in [0.25, 0.3) is 0 Å². The smallest absolute Gasteiger partial charge is 0.236 e. The van der Waals surface area contributed by atoms with Crippen LogP contribution in [0.5, 0.6) is 0 Å². The van der Waals surface area contributed by atoms with Gasteiger partial charge in [0.1, 0.15) is 0 Å². The second-order valence-electron chi connectivity index (χ2n) is 3.01. The van der Waals surface area contributed by atoms with Crippen LogP contribution in [0.2, 0.25) is 0 Å². The van der Waals surface area contributed by atoms with Crippen molar-refractivity contribution in [3.8, 4) is 0 Å². The number of benzene rings is 1. The molecule has 90 valence electrons. The van der Waals surface area contributed by atoms with Gasteiger partial charge in [-0.05, 0) is 6.07 Å². The molecule has 0 aliphatic carbocycles. The first kappa shape index (κ1) is 14.2. The van der Waals surface area contributed by atoms with E-state index in [0.29, 0.717) is 10.9 Å². The third kappa shape index (κ3) is 4.14. The van der Waals surface area contributed by atoms with E-state index >= 15 is 0 Å². The molecule has 4 nitrogen and oxygen atoms in total. The standard InChI is InChI=1S/C10H8BrN3OS.ClH/c11-8-4-2-1-3-7(8)5-12-14-10-13-9(15)6-16-10;/h1-5H,6H2,(H,13,14,15);1H/b12-5+;. The molecule has 0 atom stereocenters. The van der Waals surface area contributed by atoms with E-state index in [1.807, 2.05) is 24.3 Å². The van der Waals surface area contributed by atoms with Crippen LogP contribution in [0.15, 0.2) is 38.9 Å². The Morgan fingerprint density at radius 2 is 2.18 bits per heavy atom. The molecule has 1 amide bonds. The maximum absolute atomic E-state index is 10.9. The van der Waals surface area contributed by atoms with Crippen LogP contribution in [0.1, 0.15) is 5.56 Å². The number of hydrogen-bond acceptors (Lipinski definition) is 4. The topological polar surface area (TPSA) is 53.8 Å². The van der Waals surface area contributed by atoms with Gasteiger partial charge in [-0.3, -0.25) is 4.79 Å². The highest BCUT2D eigenvalue weighted by Gasteiger charge is 2.15. The van der Waals surface area contributed by atoms with E-state index in [4.69, 9.17) is 0 Å². The fraction of sp³-hybridized carbons (Fsp3) is 0.100. The van der Waals surface area contributed by atoms with Crippen LogP contribution in [0.25, 0.3) is 0 Å². The van der Waals surface area contributed by atoms with Gasteiger partial charge in [0, 0.05) is 10.0 Å². The first-order valence-electron chi connectivity index (χ1n) is 4.54. The molecule has 2 rings (SSSR count). The lowest BCUT2D eigenvalue weighted by Crippen LogP contribution is -2.19. The van der Waals surface area contributed by atoms with E-state index in [-0.39, 0.29) is 18.3 Å². The van der Waals surface area contributed by atoms with Crippen LogP contribution >= 0.6 is 40.1 Å². The predicted octanol–water partition coefficient (Wildman–Crippen LogP) is 2.42. The van der Waals surface area contributed by atoms with Gasteiger partial charge in [-0.15, -0.1) is 17.5 Å². The van der Waals surface area contributed by atoms with E-state index in [9.17, 15) is 4.79 Å². The van der Waals surface area contributed by atoms with Gasteiger partial charge in [-0.1, -0.05) is 45.9 Å². The second kappa shape index (κ2) is 6.78. The molecular formula is C10H9BrClN3OS. The second-order valence-corrected chi connectivity index (χ2v) is 4.83. The van der Waals surface area contributed by atoms with Gasteiger partial charge in [-0.2, -0.15) is 5.10 Å². The van der Waals surface area contributed by atoms with Crippen molar-refractivity contribution in [2.45, 2.75) is 0 Å². The van der Waals surface area contributed by atoms with Crippen molar-refractivity contribution < 1.29 is 4.79 Å². The van der Waals surface area contributed by atoms with Crippen molar-refractivity contribution >= 4 is 57.4 Å². The van der Waals surface area contributed by atoms with E-state index in [0.717, 1.165) is 10.0 Å². The van der Waals surface area contributed by atoms with Crippen molar-refractivity contribution in [3.63, 3.8) is 0 Å². The van der Waals surface area contributed by atoms with E-state index in [1.54, 1.807) is 6.21 Å². The summed E-state index contributed by atoms with van der Waals surface area (Å²) >= 11 is 4.76. The summed E-state index contributed by atoms with van der Waals surface area (Å²) in [5.41, 5.74) is 0.946. The van der Waals surface area contributed by atoms with Gasteiger partial charge < -0.3 is 5.32 Å². The average molecular weight is 335 g/mol. The lowest BCUT2D eigenvalue weighted by molar-refractivity contribution is -0.116. The van der Waals surface area contributed by atoms with Crippen LogP contribution in [-0.2, 0) is 4.79 Å². The summed E-state index contributed by atoms with van der Waals surface area (Å²) in [6, 6.07) is 7.71. The molecule has 1 fully saturated rings. The number of amides is 1. The normalized spacial score (nSPS) is 17.2. The molecule has 0 bridgehead atoms. The summed E-state index contributed by atoms with van der Waals surface area (Å²) in [5, 5.41) is 11.0. The maximum atomic E-state index is 10.9. The molecule has 1 aliphatic heterocycles. The predicted molar refractivity (Wildman–Crippen MR) is 77.0 cm³/mol. The zero-order valence-electron chi connectivity index (χ0n) is 8.59. The minimum absolute atomic E-state index is 0. The number of hydrogen-bond donors (Lipinski definition) is 1. The molecular weight excluding hydrogens is 326 g/mol. The molecule has 7 heteroatoms. The quantitative estimate of drug-likeness (QED) is 0.667. The molecule has 1 N–H and O–H groups in total. The van der Waals surface area contributed by atoms with Gasteiger partial charge in [0.2, 0.25) is 5.91 Å². The number of rotatable bonds is 2.